The van der Waals surface area contributed by atoms with Crippen molar-refractivity contribution >= 4 is 52.7 Å². The molecule has 0 radical (unpaired) electrons. The van der Waals surface area contributed by atoms with E-state index in [2.05, 4.69) is 40.7 Å². The number of hydrogen-bond donors (Lipinski definition) is 0. The first-order valence-electron chi connectivity index (χ1n) is 26.1. The Morgan fingerprint density at radius 2 is 1.17 bits per heavy atom. The normalized spacial score (nSPS) is 26.0. The van der Waals surface area contributed by atoms with Crippen LogP contribution in [0.25, 0.3) is 5.57 Å². The minimum atomic E-state index is -0.762. The minimum absolute atomic E-state index is 0.000233. The zero-order chi connectivity index (χ0) is 50.6. The average molecular weight is 1000 g/mol. The van der Waals surface area contributed by atoms with Crippen LogP contribution in [-0.4, -0.2) is 38.1 Å². The number of allylic oxidation sites excluding steroid dienone is 1. The Kier molecular flexibility index (Phi) is 16.6. The van der Waals surface area contributed by atoms with Crippen LogP contribution in [0.15, 0.2) is 91.0 Å². The molecule has 4 aliphatic carbocycles. The smallest absolute Gasteiger partial charge is 0.343 e. The van der Waals surface area contributed by atoms with Gasteiger partial charge < -0.3 is 18.9 Å². The Bertz CT molecular complexity index is 2480. The lowest BCUT2D eigenvalue weighted by Crippen LogP contribution is -2.53. The molecule has 0 bridgehead atoms. The number of benzene rings is 4. The van der Waals surface area contributed by atoms with Gasteiger partial charge in [-0.05, 0) is 194 Å². The van der Waals surface area contributed by atoms with E-state index in [1.54, 1.807) is 84.9 Å². The van der Waals surface area contributed by atoms with Gasteiger partial charge >= 0.3 is 23.9 Å². The second-order valence-electron chi connectivity index (χ2n) is 22.2. The van der Waals surface area contributed by atoms with Crippen LogP contribution in [0, 0.1) is 58.2 Å². The summed E-state index contributed by atoms with van der Waals surface area (Å²) in [6, 6.07) is 23.2. The summed E-state index contributed by atoms with van der Waals surface area (Å²) in [4.78, 5) is 53.6. The molecule has 378 valence electrons. The highest BCUT2D eigenvalue weighted by atomic mass is 35.5. The number of rotatable bonds is 16. The van der Waals surface area contributed by atoms with Crippen molar-refractivity contribution in [3.63, 3.8) is 0 Å². The number of esters is 4. The van der Waals surface area contributed by atoms with Gasteiger partial charge in [0.25, 0.3) is 0 Å². The van der Waals surface area contributed by atoms with E-state index in [4.69, 9.17) is 42.1 Å². The van der Waals surface area contributed by atoms with Crippen LogP contribution in [0.5, 0.6) is 11.5 Å². The molecule has 5 unspecified atom stereocenters. The van der Waals surface area contributed by atoms with Gasteiger partial charge in [-0.3, -0.25) is 0 Å². The third-order valence-corrected chi connectivity index (χ3v) is 18.4. The number of carbonyl (C=O) groups excluding carboxylic acids is 4. The molecule has 71 heavy (non-hydrogen) atoms. The summed E-state index contributed by atoms with van der Waals surface area (Å²) in [5, 5.41) is 0.000465. The van der Waals surface area contributed by atoms with Gasteiger partial charge in [-0.15, -0.1) is 0 Å². The maximum atomic E-state index is 13.5. The molecular weight excluding hydrogens is 932 g/mol. The molecule has 4 fully saturated rings. The van der Waals surface area contributed by atoms with Crippen molar-refractivity contribution < 1.29 is 38.1 Å². The molecule has 0 heterocycles. The Hall–Kier alpha value is -4.92. The van der Waals surface area contributed by atoms with Crippen LogP contribution in [0.1, 0.15) is 177 Å². The molecule has 0 aliphatic heterocycles. The summed E-state index contributed by atoms with van der Waals surface area (Å²) < 4.78 is 22.0. The lowest BCUT2D eigenvalue weighted by atomic mass is 9.44. The summed E-state index contributed by atoms with van der Waals surface area (Å²) in [5.74, 6) is 2.97. The summed E-state index contributed by atoms with van der Waals surface area (Å²) in [5.41, 5.74) is 2.87. The lowest BCUT2D eigenvalue weighted by Gasteiger charge is -2.61. The van der Waals surface area contributed by atoms with Crippen molar-refractivity contribution in [2.24, 2.45) is 58.2 Å². The average Bonchev–Trinajstić information content (AvgIpc) is 3.73. The van der Waals surface area contributed by atoms with Crippen LogP contribution in [-0.2, 0) is 9.47 Å². The molecule has 0 amide bonds. The number of hydrogen-bond acceptors (Lipinski definition) is 8. The van der Waals surface area contributed by atoms with Crippen molar-refractivity contribution in [1.82, 2.24) is 0 Å². The van der Waals surface area contributed by atoms with Crippen LogP contribution < -0.4 is 9.47 Å². The van der Waals surface area contributed by atoms with E-state index >= 15 is 0 Å². The lowest BCUT2D eigenvalue weighted by molar-refractivity contribution is -0.121. The Morgan fingerprint density at radius 1 is 0.634 bits per heavy atom. The fourth-order valence-corrected chi connectivity index (χ4v) is 14.7. The maximum Gasteiger partial charge on any atom is 0.343 e. The fourth-order valence-electron chi connectivity index (χ4n) is 14.2. The second kappa shape index (κ2) is 22.5. The van der Waals surface area contributed by atoms with Crippen molar-refractivity contribution in [2.45, 2.75) is 125 Å². The zero-order valence-electron chi connectivity index (χ0n) is 42.7. The Labute approximate surface area is 431 Å². The van der Waals surface area contributed by atoms with Crippen molar-refractivity contribution in [1.29, 1.82) is 0 Å². The number of fused-ring (bicyclic) bond motifs is 5. The van der Waals surface area contributed by atoms with E-state index in [0.717, 1.165) is 41.9 Å². The van der Waals surface area contributed by atoms with Gasteiger partial charge in [0.15, 0.2) is 11.5 Å². The number of halogens is 2. The van der Waals surface area contributed by atoms with E-state index in [1.807, 2.05) is 0 Å². The monoisotopic (exact) mass is 1000 g/mol. The molecule has 10 heteroatoms. The van der Waals surface area contributed by atoms with Crippen LogP contribution in [0.2, 0.25) is 10.0 Å². The van der Waals surface area contributed by atoms with Gasteiger partial charge in [0.2, 0.25) is 0 Å². The Morgan fingerprint density at radius 3 is 1.70 bits per heavy atom. The third-order valence-electron chi connectivity index (χ3n) is 17.8. The molecule has 4 aliphatic rings. The number of carbonyl (C=O) groups is 4. The molecule has 0 saturated heterocycles. The van der Waals surface area contributed by atoms with Gasteiger partial charge in [-0.2, -0.15) is 0 Å². The highest BCUT2D eigenvalue weighted by Gasteiger charge is 2.60. The fraction of sp³-hybridized carbons (Fsp3) is 0.508. The second-order valence-corrected chi connectivity index (χ2v) is 23.0. The summed E-state index contributed by atoms with van der Waals surface area (Å²) >= 11 is 13.9. The highest BCUT2D eigenvalue weighted by molar-refractivity contribution is 6.34. The van der Waals surface area contributed by atoms with E-state index in [0.29, 0.717) is 45.8 Å². The topological polar surface area (TPSA) is 105 Å². The molecule has 0 spiro atoms. The molecule has 9 atom stereocenters. The standard InChI is InChI=1S/C61H72Cl2O8/c1-37(2)16-14-17-38(3)49-26-27-50-46-25-24-44-32-39(28-30-60(44,4)51(46)29-31-61(49,50)5)18-15-23-45(42-33-47(58(66)68-6)54(52(62)35-42)70-56(64)40-19-10-8-11-20-40)43-34-48(59(67)69-7)55(53(63)36-43)71-57(65)41-21-12-9-13-22-41/h8-13,19-23,33-39,44,46,49-51H,14-18,24-32H2,1-7H3/t38?,39-,44?,46?,49+,50?,51?,60-,61+/m0/s1. The van der Waals surface area contributed by atoms with E-state index in [9.17, 15) is 19.2 Å². The molecule has 8 rings (SSSR count). The largest absolute Gasteiger partial charge is 0.465 e. The van der Waals surface area contributed by atoms with Gasteiger partial charge in [0.1, 0.15) is 11.1 Å². The zero-order valence-corrected chi connectivity index (χ0v) is 44.2. The number of methoxy groups -OCH3 is 2. The van der Waals surface area contributed by atoms with Crippen LogP contribution in [0.3, 0.4) is 0 Å². The predicted molar refractivity (Wildman–Crippen MR) is 281 cm³/mol. The molecule has 4 aromatic rings. The van der Waals surface area contributed by atoms with Crippen molar-refractivity contribution in [3.8, 4) is 11.5 Å². The number of ether oxygens (including phenoxy) is 4. The quantitative estimate of drug-likeness (QED) is 0.0807. The van der Waals surface area contributed by atoms with E-state index in [-0.39, 0.29) is 43.8 Å². The van der Waals surface area contributed by atoms with Crippen LogP contribution in [0.4, 0.5) is 0 Å². The summed E-state index contributed by atoms with van der Waals surface area (Å²) in [7, 11) is 2.49. The van der Waals surface area contributed by atoms with Crippen LogP contribution >= 0.6 is 23.2 Å². The predicted octanol–water partition coefficient (Wildman–Crippen LogP) is 16.0. The Balaban J connectivity index is 1.06. The first-order valence-corrected chi connectivity index (χ1v) is 26.9. The molecule has 8 nitrogen and oxygen atoms in total. The van der Waals surface area contributed by atoms with Gasteiger partial charge in [-0.1, -0.05) is 120 Å². The minimum Gasteiger partial charge on any atom is -0.465 e. The first-order chi connectivity index (χ1) is 34.1. The van der Waals surface area contributed by atoms with Gasteiger partial charge in [0.05, 0.1) is 35.4 Å². The van der Waals surface area contributed by atoms with Gasteiger partial charge in [0, 0.05) is 0 Å². The van der Waals surface area contributed by atoms with Crippen molar-refractivity contribution in [3.05, 3.63) is 134 Å². The summed E-state index contributed by atoms with van der Waals surface area (Å²) in [6.07, 6.45) is 19.7. The third kappa shape index (κ3) is 11.1. The SMILES string of the molecule is COC(=O)c1cc(C(=CCC[C@H]2CC[C@@]3(C)C(CCC4C3CC[C@@]3(C)C4CC[C@@H]3C(C)CCCC(C)C)C2)c2cc(Cl)c(OC(=O)c3ccccc3)c(C(=O)OC)c2)cc(Cl)c1OC(=O)c1ccccc1. The molecule has 4 aromatic carbocycles. The highest BCUT2D eigenvalue weighted by Crippen LogP contribution is 2.69. The molecule has 0 N–H and O–H groups in total. The van der Waals surface area contributed by atoms with E-state index < -0.39 is 23.9 Å². The van der Waals surface area contributed by atoms with E-state index in [1.165, 1.54) is 91.3 Å². The maximum absolute atomic E-state index is 13.5. The van der Waals surface area contributed by atoms with Crippen molar-refractivity contribution in [2.75, 3.05) is 14.2 Å². The van der Waals surface area contributed by atoms with Gasteiger partial charge in [-0.25, -0.2) is 19.2 Å². The summed E-state index contributed by atoms with van der Waals surface area (Å²) in [6.45, 7) is 12.6. The first kappa shape index (κ1) is 52.4. The molecule has 0 aromatic heterocycles. The molecular formula is C61H72Cl2O8. The molecule has 4 saturated carbocycles.